The van der Waals surface area contributed by atoms with Gasteiger partial charge in [-0.25, -0.2) is 13.6 Å². The molecule has 3 aromatic rings. The van der Waals surface area contributed by atoms with Gasteiger partial charge in [0.25, 0.3) is 12.3 Å². The van der Waals surface area contributed by atoms with Gasteiger partial charge in [-0.3, -0.25) is 14.9 Å². The monoisotopic (exact) mass is 480 g/mol. The normalized spacial score (nSPS) is 13.0. The molecule has 3 N–H and O–H groups in total. The number of rotatable bonds is 8. The molecule has 0 aromatic heterocycles. The number of nitrogens with one attached hydrogen (secondary N) is 2. The van der Waals surface area contributed by atoms with Gasteiger partial charge in [0.2, 0.25) is 0 Å². The number of benzene rings is 3. The first kappa shape index (κ1) is 23.9. The zero-order valence-corrected chi connectivity index (χ0v) is 18.4. The molecule has 1 unspecified atom stereocenters. The zero-order valence-electron chi connectivity index (χ0n) is 18.4. The van der Waals surface area contributed by atoms with Crippen molar-refractivity contribution in [2.24, 2.45) is 0 Å². The first-order valence-electron chi connectivity index (χ1n) is 10.9. The Balaban J connectivity index is 1.35. The van der Waals surface area contributed by atoms with E-state index in [1.165, 1.54) is 24.3 Å². The van der Waals surface area contributed by atoms with Gasteiger partial charge in [0.1, 0.15) is 12.6 Å². The van der Waals surface area contributed by atoms with Crippen molar-refractivity contribution >= 4 is 23.7 Å². The summed E-state index contributed by atoms with van der Waals surface area (Å²) in [5.41, 5.74) is 4.78. The van der Waals surface area contributed by atoms with Crippen LogP contribution in [-0.4, -0.2) is 42.2 Å². The molecular weight excluding hydrogens is 458 g/mol. The summed E-state index contributed by atoms with van der Waals surface area (Å²) < 4.78 is 31.4. The maximum absolute atomic E-state index is 13.0. The molecule has 0 bridgehead atoms. The van der Waals surface area contributed by atoms with Gasteiger partial charge in [0.05, 0.1) is 6.42 Å². The summed E-state index contributed by atoms with van der Waals surface area (Å²) in [4.78, 5) is 35.3. The van der Waals surface area contributed by atoms with Crippen LogP contribution >= 0.6 is 0 Å². The second-order valence-electron chi connectivity index (χ2n) is 8.04. The van der Waals surface area contributed by atoms with Crippen molar-refractivity contribution in [3.63, 3.8) is 0 Å². The molecule has 4 rings (SSSR count). The molecule has 7 nitrogen and oxygen atoms in total. The molecule has 180 valence electrons. The maximum atomic E-state index is 13.0. The van der Waals surface area contributed by atoms with E-state index < -0.39 is 36.9 Å². The van der Waals surface area contributed by atoms with Crippen molar-refractivity contribution in [1.29, 1.82) is 0 Å². The maximum Gasteiger partial charge on any atom is 0.411 e. The average Bonchev–Trinajstić information content (AvgIpc) is 3.16. The Morgan fingerprint density at radius 2 is 1.46 bits per heavy atom. The fourth-order valence-corrected chi connectivity index (χ4v) is 4.10. The SMILES string of the molecule is O=C(O)CC(NC(=O)c1ccc(NC(=O)OCC2c3ccccc3-c3ccccc32)cc1)C(F)F. The van der Waals surface area contributed by atoms with E-state index in [1.807, 2.05) is 53.8 Å². The third kappa shape index (κ3) is 5.46. The molecule has 1 aliphatic rings. The van der Waals surface area contributed by atoms with Crippen LogP contribution in [-0.2, 0) is 9.53 Å². The predicted octanol–water partition coefficient (Wildman–Crippen LogP) is 4.89. The fourth-order valence-electron chi connectivity index (χ4n) is 4.10. The molecule has 35 heavy (non-hydrogen) atoms. The Morgan fingerprint density at radius 1 is 0.886 bits per heavy atom. The molecule has 2 amide bonds. The summed E-state index contributed by atoms with van der Waals surface area (Å²) in [6, 6.07) is 19.6. The van der Waals surface area contributed by atoms with E-state index in [4.69, 9.17) is 9.84 Å². The number of hydrogen-bond donors (Lipinski definition) is 3. The Kier molecular flexibility index (Phi) is 7.05. The van der Waals surface area contributed by atoms with Crippen molar-refractivity contribution in [2.75, 3.05) is 11.9 Å². The van der Waals surface area contributed by atoms with Crippen molar-refractivity contribution in [2.45, 2.75) is 24.8 Å². The number of carboxylic acids is 1. The first-order valence-corrected chi connectivity index (χ1v) is 10.9. The third-order valence-corrected chi connectivity index (χ3v) is 5.75. The number of amides is 2. The van der Waals surface area contributed by atoms with Crippen molar-refractivity contribution in [1.82, 2.24) is 5.32 Å². The fraction of sp³-hybridized carbons (Fsp3) is 0.192. The Labute approximate surface area is 199 Å². The number of aliphatic carboxylic acids is 1. The molecule has 0 saturated heterocycles. The molecule has 0 spiro atoms. The second kappa shape index (κ2) is 10.3. The summed E-state index contributed by atoms with van der Waals surface area (Å²) in [6.45, 7) is 0.138. The average molecular weight is 480 g/mol. The Morgan fingerprint density at radius 3 is 2.00 bits per heavy atom. The number of carbonyl (C=O) groups excluding carboxylic acids is 2. The van der Waals surface area contributed by atoms with Gasteiger partial charge in [0, 0.05) is 17.2 Å². The topological polar surface area (TPSA) is 105 Å². The minimum Gasteiger partial charge on any atom is -0.481 e. The minimum absolute atomic E-state index is 0.0409. The van der Waals surface area contributed by atoms with Gasteiger partial charge >= 0.3 is 12.1 Å². The van der Waals surface area contributed by atoms with Gasteiger partial charge < -0.3 is 15.2 Å². The first-order chi connectivity index (χ1) is 16.8. The molecule has 0 heterocycles. The summed E-state index contributed by atoms with van der Waals surface area (Å²) in [5.74, 6) is -2.38. The van der Waals surface area contributed by atoms with Crippen molar-refractivity contribution in [3.8, 4) is 11.1 Å². The highest BCUT2D eigenvalue weighted by atomic mass is 19.3. The van der Waals surface area contributed by atoms with E-state index in [2.05, 4.69) is 5.32 Å². The van der Waals surface area contributed by atoms with E-state index in [1.54, 1.807) is 0 Å². The molecular formula is C26H22F2N2O5. The van der Waals surface area contributed by atoms with Gasteiger partial charge in [-0.05, 0) is 46.5 Å². The number of alkyl halides is 2. The van der Waals surface area contributed by atoms with Crippen molar-refractivity contribution < 1.29 is 33.0 Å². The van der Waals surface area contributed by atoms with Crippen LogP contribution in [0.4, 0.5) is 19.3 Å². The third-order valence-electron chi connectivity index (χ3n) is 5.75. The van der Waals surface area contributed by atoms with Crippen LogP contribution < -0.4 is 10.6 Å². The molecule has 0 saturated carbocycles. The van der Waals surface area contributed by atoms with Gasteiger partial charge in [0.15, 0.2) is 0 Å². The Bertz CT molecular complexity index is 1200. The smallest absolute Gasteiger partial charge is 0.411 e. The van der Waals surface area contributed by atoms with Gasteiger partial charge in [-0.15, -0.1) is 0 Å². The predicted molar refractivity (Wildman–Crippen MR) is 125 cm³/mol. The number of ether oxygens (including phenoxy) is 1. The molecule has 0 fully saturated rings. The number of carboxylic acid groups (broad SMARTS) is 1. The number of halogens is 2. The van der Waals surface area contributed by atoms with Crippen LogP contribution in [0.25, 0.3) is 11.1 Å². The quantitative estimate of drug-likeness (QED) is 0.426. The lowest BCUT2D eigenvalue weighted by Gasteiger charge is -2.16. The van der Waals surface area contributed by atoms with Crippen LogP contribution in [0, 0.1) is 0 Å². The van der Waals surface area contributed by atoms with Crippen LogP contribution in [0.15, 0.2) is 72.8 Å². The van der Waals surface area contributed by atoms with E-state index in [0.29, 0.717) is 5.69 Å². The molecule has 1 atom stereocenters. The van der Waals surface area contributed by atoms with Crippen LogP contribution in [0.1, 0.15) is 33.8 Å². The lowest BCUT2D eigenvalue weighted by molar-refractivity contribution is -0.138. The summed E-state index contributed by atoms with van der Waals surface area (Å²) in [5, 5.41) is 13.3. The lowest BCUT2D eigenvalue weighted by atomic mass is 9.98. The summed E-state index contributed by atoms with van der Waals surface area (Å²) >= 11 is 0. The van der Waals surface area contributed by atoms with E-state index in [-0.39, 0.29) is 18.1 Å². The van der Waals surface area contributed by atoms with Gasteiger partial charge in [-0.1, -0.05) is 48.5 Å². The standard InChI is InChI=1S/C26H22F2N2O5/c27-24(28)22(13-23(31)32)30-25(33)15-9-11-16(12-10-15)29-26(34)35-14-21-19-7-3-1-5-17(19)18-6-2-4-8-20(18)21/h1-12,21-22,24H,13-14H2,(H,29,34)(H,30,33)(H,31,32). The van der Waals surface area contributed by atoms with Crippen LogP contribution in [0.2, 0.25) is 0 Å². The number of hydrogen-bond acceptors (Lipinski definition) is 4. The lowest BCUT2D eigenvalue weighted by Crippen LogP contribution is -2.41. The molecule has 0 radical (unpaired) electrons. The van der Waals surface area contributed by atoms with Gasteiger partial charge in [-0.2, -0.15) is 0 Å². The summed E-state index contributed by atoms with van der Waals surface area (Å²) in [6.07, 6.45) is -4.60. The van der Waals surface area contributed by atoms with E-state index >= 15 is 0 Å². The molecule has 3 aromatic carbocycles. The Hall–Kier alpha value is -4.27. The highest BCUT2D eigenvalue weighted by Gasteiger charge is 2.29. The van der Waals surface area contributed by atoms with E-state index in [0.717, 1.165) is 22.3 Å². The van der Waals surface area contributed by atoms with E-state index in [9.17, 15) is 23.2 Å². The van der Waals surface area contributed by atoms with Crippen LogP contribution in [0.5, 0.6) is 0 Å². The second-order valence-corrected chi connectivity index (χ2v) is 8.04. The number of anilines is 1. The summed E-state index contributed by atoms with van der Waals surface area (Å²) in [7, 11) is 0. The number of carbonyl (C=O) groups is 3. The zero-order chi connectivity index (χ0) is 24.9. The number of fused-ring (bicyclic) bond motifs is 3. The highest BCUT2D eigenvalue weighted by molar-refractivity contribution is 5.95. The molecule has 1 aliphatic carbocycles. The molecule has 0 aliphatic heterocycles. The van der Waals surface area contributed by atoms with Crippen LogP contribution in [0.3, 0.4) is 0 Å². The molecule has 9 heteroatoms. The largest absolute Gasteiger partial charge is 0.481 e. The minimum atomic E-state index is -3.02. The highest BCUT2D eigenvalue weighted by Crippen LogP contribution is 2.44. The van der Waals surface area contributed by atoms with Crippen molar-refractivity contribution in [3.05, 3.63) is 89.5 Å².